The van der Waals surface area contributed by atoms with Gasteiger partial charge >= 0.3 is 0 Å². The zero-order valence-electron chi connectivity index (χ0n) is 10.1. The molecule has 1 unspecified atom stereocenters. The maximum atomic E-state index is 5.46. The van der Waals surface area contributed by atoms with E-state index in [9.17, 15) is 0 Å². The zero-order chi connectivity index (χ0) is 11.5. The number of furan rings is 1. The highest BCUT2D eigenvalue weighted by atomic mass is 32.2. The number of hydrogen-bond donors (Lipinski definition) is 1. The van der Waals surface area contributed by atoms with Crippen molar-refractivity contribution in [3.05, 3.63) is 24.2 Å². The Morgan fingerprint density at radius 1 is 1.47 bits per heavy atom. The van der Waals surface area contributed by atoms with Crippen LogP contribution in [0.4, 0.5) is 0 Å². The maximum Gasteiger partial charge on any atom is 0.117 e. The first-order chi connectivity index (χ1) is 8.42. The molecule has 1 aliphatic heterocycles. The summed E-state index contributed by atoms with van der Waals surface area (Å²) in [5.74, 6) is 3.61. The maximum absolute atomic E-state index is 5.46. The molecule has 2 heterocycles. The summed E-state index contributed by atoms with van der Waals surface area (Å²) in [7, 11) is 0. The van der Waals surface area contributed by atoms with Crippen molar-refractivity contribution in [3.63, 3.8) is 0 Å². The Kier molecular flexibility index (Phi) is 3.74. The number of nitrogens with one attached hydrogen (secondary N) is 1. The van der Waals surface area contributed by atoms with Gasteiger partial charge in [0, 0.05) is 36.7 Å². The van der Waals surface area contributed by atoms with E-state index in [4.69, 9.17) is 4.42 Å². The molecule has 17 heavy (non-hydrogen) atoms. The van der Waals surface area contributed by atoms with E-state index in [1.807, 2.05) is 6.07 Å². The molecule has 1 aromatic heterocycles. The van der Waals surface area contributed by atoms with Gasteiger partial charge in [0.2, 0.25) is 0 Å². The van der Waals surface area contributed by atoms with Crippen LogP contribution in [0.5, 0.6) is 0 Å². The smallest absolute Gasteiger partial charge is 0.117 e. The summed E-state index contributed by atoms with van der Waals surface area (Å²) in [6.45, 7) is 3.30. The highest BCUT2D eigenvalue weighted by Gasteiger charge is 2.31. The average molecular weight is 252 g/mol. The molecular formula is C13H20N2OS. The Bertz CT molecular complexity index is 331. The van der Waals surface area contributed by atoms with Gasteiger partial charge in [0.1, 0.15) is 5.76 Å². The van der Waals surface area contributed by atoms with Gasteiger partial charge < -0.3 is 9.73 Å². The van der Waals surface area contributed by atoms with E-state index in [1.165, 1.54) is 30.9 Å². The molecule has 0 amide bonds. The van der Waals surface area contributed by atoms with Crippen molar-refractivity contribution in [3.8, 4) is 0 Å². The summed E-state index contributed by atoms with van der Waals surface area (Å²) in [4.78, 5) is 2.59. The third-order valence-electron chi connectivity index (χ3n) is 3.46. The molecule has 1 saturated carbocycles. The van der Waals surface area contributed by atoms with E-state index < -0.39 is 0 Å². The number of nitrogens with zero attached hydrogens (tertiary/aromatic N) is 1. The minimum Gasteiger partial charge on any atom is -0.468 e. The first-order valence-corrected chi connectivity index (χ1v) is 7.65. The largest absolute Gasteiger partial charge is 0.468 e. The lowest BCUT2D eigenvalue weighted by atomic mass is 10.2. The van der Waals surface area contributed by atoms with Crippen molar-refractivity contribution in [2.24, 2.45) is 0 Å². The van der Waals surface area contributed by atoms with Crippen molar-refractivity contribution < 1.29 is 4.42 Å². The number of hydrogen-bond acceptors (Lipinski definition) is 4. The van der Waals surface area contributed by atoms with Gasteiger partial charge in [-0.05, 0) is 25.0 Å². The van der Waals surface area contributed by atoms with Gasteiger partial charge in [-0.25, -0.2) is 0 Å². The molecule has 1 aliphatic carbocycles. The fraction of sp³-hybridized carbons (Fsp3) is 0.692. The second-order valence-electron chi connectivity index (χ2n) is 4.97. The average Bonchev–Trinajstić information content (AvgIpc) is 3.09. The highest BCUT2D eigenvalue weighted by Crippen LogP contribution is 2.29. The molecule has 1 aromatic rings. The second-order valence-corrected chi connectivity index (χ2v) is 6.12. The fourth-order valence-electron chi connectivity index (χ4n) is 2.41. The molecule has 0 bridgehead atoms. The van der Waals surface area contributed by atoms with E-state index in [-0.39, 0.29) is 0 Å². The van der Waals surface area contributed by atoms with Crippen LogP contribution in [0.15, 0.2) is 22.8 Å². The Morgan fingerprint density at radius 2 is 2.41 bits per heavy atom. The van der Waals surface area contributed by atoms with Crippen LogP contribution < -0.4 is 5.32 Å². The third-order valence-corrected chi connectivity index (χ3v) is 4.59. The molecule has 1 atom stereocenters. The Hall–Kier alpha value is -0.450. The predicted molar refractivity (Wildman–Crippen MR) is 71.3 cm³/mol. The summed E-state index contributed by atoms with van der Waals surface area (Å²) in [6, 6.07) is 5.52. The molecular weight excluding hydrogens is 232 g/mol. The quantitative estimate of drug-likeness (QED) is 0.867. The van der Waals surface area contributed by atoms with Gasteiger partial charge in [-0.15, -0.1) is 0 Å². The standard InChI is InChI=1S/C13H20N2OS/c1-2-13(16-6-1)9-15(12-3-4-12)8-11-10-17-7-5-14-11/h1-2,6,11-12,14H,3-5,7-10H2. The van der Waals surface area contributed by atoms with Crippen LogP contribution in [-0.4, -0.2) is 41.6 Å². The fourth-order valence-corrected chi connectivity index (χ4v) is 3.34. The summed E-state index contributed by atoms with van der Waals surface area (Å²) >= 11 is 2.07. The van der Waals surface area contributed by atoms with Gasteiger partial charge in [0.05, 0.1) is 12.8 Å². The summed E-state index contributed by atoms with van der Waals surface area (Å²) in [5, 5.41) is 3.62. The molecule has 3 rings (SSSR count). The molecule has 1 N–H and O–H groups in total. The van der Waals surface area contributed by atoms with Gasteiger partial charge in [0.15, 0.2) is 0 Å². The third kappa shape index (κ3) is 3.27. The topological polar surface area (TPSA) is 28.4 Å². The van der Waals surface area contributed by atoms with Crippen molar-refractivity contribution in [1.82, 2.24) is 10.2 Å². The van der Waals surface area contributed by atoms with E-state index >= 15 is 0 Å². The van der Waals surface area contributed by atoms with E-state index in [1.54, 1.807) is 6.26 Å². The zero-order valence-corrected chi connectivity index (χ0v) is 10.9. The molecule has 0 spiro atoms. The van der Waals surface area contributed by atoms with Crippen LogP contribution in [0.25, 0.3) is 0 Å². The van der Waals surface area contributed by atoms with Crippen LogP contribution >= 0.6 is 11.8 Å². The van der Waals surface area contributed by atoms with Crippen molar-refractivity contribution in [2.45, 2.75) is 31.5 Å². The predicted octanol–water partition coefficient (Wildman–Crippen LogP) is 1.95. The van der Waals surface area contributed by atoms with Crippen molar-refractivity contribution >= 4 is 11.8 Å². The molecule has 0 radical (unpaired) electrons. The van der Waals surface area contributed by atoms with Gasteiger partial charge in [0.25, 0.3) is 0 Å². The lowest BCUT2D eigenvalue weighted by molar-refractivity contribution is 0.213. The highest BCUT2D eigenvalue weighted by molar-refractivity contribution is 7.99. The van der Waals surface area contributed by atoms with Gasteiger partial charge in [-0.2, -0.15) is 11.8 Å². The molecule has 4 heteroatoms. The lowest BCUT2D eigenvalue weighted by Gasteiger charge is -2.29. The van der Waals surface area contributed by atoms with E-state index in [2.05, 4.69) is 28.0 Å². The molecule has 2 aliphatic rings. The minimum atomic E-state index is 0.657. The van der Waals surface area contributed by atoms with Crippen molar-refractivity contribution in [2.75, 3.05) is 24.6 Å². The molecule has 3 nitrogen and oxygen atoms in total. The van der Waals surface area contributed by atoms with E-state index in [0.717, 1.165) is 24.9 Å². The Balaban J connectivity index is 1.56. The van der Waals surface area contributed by atoms with Crippen LogP contribution in [0.1, 0.15) is 18.6 Å². The summed E-state index contributed by atoms with van der Waals surface area (Å²) < 4.78 is 5.46. The number of thioether (sulfide) groups is 1. The minimum absolute atomic E-state index is 0.657. The van der Waals surface area contributed by atoms with Gasteiger partial charge in [-0.1, -0.05) is 0 Å². The van der Waals surface area contributed by atoms with Crippen LogP contribution in [0.2, 0.25) is 0 Å². The Labute approximate surface area is 107 Å². The molecule has 1 saturated heterocycles. The number of rotatable bonds is 5. The van der Waals surface area contributed by atoms with Crippen LogP contribution in [0, 0.1) is 0 Å². The molecule has 0 aromatic carbocycles. The first kappa shape index (κ1) is 11.6. The van der Waals surface area contributed by atoms with Crippen LogP contribution in [-0.2, 0) is 6.54 Å². The van der Waals surface area contributed by atoms with Crippen molar-refractivity contribution in [1.29, 1.82) is 0 Å². The monoisotopic (exact) mass is 252 g/mol. The molecule has 2 fully saturated rings. The normalized spacial score (nSPS) is 25.4. The summed E-state index contributed by atoms with van der Waals surface area (Å²) in [5.41, 5.74) is 0. The lowest BCUT2D eigenvalue weighted by Crippen LogP contribution is -2.46. The summed E-state index contributed by atoms with van der Waals surface area (Å²) in [6.07, 6.45) is 4.50. The molecule has 94 valence electrons. The van der Waals surface area contributed by atoms with Gasteiger partial charge in [-0.3, -0.25) is 4.90 Å². The second kappa shape index (κ2) is 5.46. The van der Waals surface area contributed by atoms with E-state index in [0.29, 0.717) is 6.04 Å². The first-order valence-electron chi connectivity index (χ1n) is 6.49. The van der Waals surface area contributed by atoms with Crippen LogP contribution in [0.3, 0.4) is 0 Å². The SMILES string of the molecule is c1coc(CN(CC2CSCCN2)C2CC2)c1. The Morgan fingerprint density at radius 3 is 3.06 bits per heavy atom.